The normalized spacial score (nSPS) is 22.9. The van der Waals surface area contributed by atoms with Crippen molar-refractivity contribution in [2.45, 2.75) is 57.2 Å². The predicted octanol–water partition coefficient (Wildman–Crippen LogP) is 5.85. The molecule has 1 aliphatic carbocycles. The SMILES string of the molecule is C/C=C(\C)C(=O)OC1CC2C(O)=CC=C(c3c(O)cc(O)c4c3O[C@H](c3ccc(O)cc3)C(OC(=O)c3cc(N)c(N)c(O)c3)C4)C2O[C@@H]1c1ccc(O)c(O)c1. The number of nitrogens with two attached hydrogens (primary N) is 2. The Bertz CT molecular complexity index is 2350. The van der Waals surface area contributed by atoms with Gasteiger partial charge in [-0.1, -0.05) is 30.4 Å². The Hall–Kier alpha value is -7.00. The van der Waals surface area contributed by atoms with E-state index in [0.717, 1.165) is 12.1 Å². The molecule has 4 aromatic rings. The van der Waals surface area contributed by atoms with Crippen molar-refractivity contribution in [3.8, 4) is 40.2 Å². The first-order valence-corrected chi connectivity index (χ1v) is 17.9. The molecular weight excluding hydrogens is 740 g/mol. The largest absolute Gasteiger partial charge is 0.512 e. The van der Waals surface area contributed by atoms with Crippen LogP contribution in [-0.2, 0) is 25.4 Å². The van der Waals surface area contributed by atoms with E-state index in [1.165, 1.54) is 48.6 Å². The van der Waals surface area contributed by atoms with Gasteiger partial charge in [-0.3, -0.25) is 0 Å². The maximum atomic E-state index is 13.5. The molecule has 4 aromatic carbocycles. The average Bonchev–Trinajstić information content (AvgIpc) is 3.18. The van der Waals surface area contributed by atoms with E-state index in [-0.39, 0.29) is 69.7 Å². The van der Waals surface area contributed by atoms with E-state index in [9.17, 15) is 45.3 Å². The van der Waals surface area contributed by atoms with Crippen LogP contribution >= 0.6 is 0 Å². The molecule has 6 atom stereocenters. The van der Waals surface area contributed by atoms with Gasteiger partial charge in [0, 0.05) is 23.6 Å². The Balaban J connectivity index is 1.30. The van der Waals surface area contributed by atoms with Gasteiger partial charge in [-0.25, -0.2) is 9.59 Å². The van der Waals surface area contributed by atoms with E-state index >= 15 is 0 Å². The van der Waals surface area contributed by atoms with Gasteiger partial charge in [-0.2, -0.15) is 0 Å². The van der Waals surface area contributed by atoms with Gasteiger partial charge in [-0.05, 0) is 79.4 Å². The van der Waals surface area contributed by atoms with Gasteiger partial charge in [0.15, 0.2) is 17.6 Å². The van der Waals surface area contributed by atoms with Crippen molar-refractivity contribution in [1.82, 2.24) is 0 Å². The summed E-state index contributed by atoms with van der Waals surface area (Å²) in [7, 11) is 0. The van der Waals surface area contributed by atoms with Gasteiger partial charge in [0.2, 0.25) is 0 Å². The van der Waals surface area contributed by atoms with Crippen LogP contribution in [0.4, 0.5) is 11.4 Å². The lowest BCUT2D eigenvalue weighted by atomic mass is 9.77. The van der Waals surface area contributed by atoms with E-state index in [1.807, 2.05) is 0 Å². The first kappa shape index (κ1) is 38.3. The number of phenolic OH excluding ortho intramolecular Hbond substituents is 6. The van der Waals surface area contributed by atoms with Crippen molar-refractivity contribution in [2.24, 2.45) is 5.92 Å². The molecule has 11 N–H and O–H groups in total. The highest BCUT2D eigenvalue weighted by Crippen LogP contribution is 2.54. The number of rotatable bonds is 7. The summed E-state index contributed by atoms with van der Waals surface area (Å²) in [6.45, 7) is 3.26. The smallest absolute Gasteiger partial charge is 0.338 e. The predicted molar refractivity (Wildman–Crippen MR) is 205 cm³/mol. The Labute approximate surface area is 325 Å². The molecule has 2 heterocycles. The van der Waals surface area contributed by atoms with Crippen molar-refractivity contribution in [1.29, 1.82) is 0 Å². The summed E-state index contributed by atoms with van der Waals surface area (Å²) in [4.78, 5) is 26.5. The number of hydrogen-bond acceptors (Lipinski definition) is 15. The fourth-order valence-electron chi connectivity index (χ4n) is 7.31. The highest BCUT2D eigenvalue weighted by molar-refractivity contribution is 5.93. The maximum Gasteiger partial charge on any atom is 0.338 e. The third-order valence-electron chi connectivity index (χ3n) is 10.5. The third kappa shape index (κ3) is 7.15. The first-order valence-electron chi connectivity index (χ1n) is 17.9. The van der Waals surface area contributed by atoms with Crippen LogP contribution in [0.15, 0.2) is 90.2 Å². The van der Waals surface area contributed by atoms with Gasteiger partial charge in [0.1, 0.15) is 47.1 Å². The lowest BCUT2D eigenvalue weighted by Crippen LogP contribution is -2.44. The van der Waals surface area contributed by atoms with Gasteiger partial charge in [0.25, 0.3) is 0 Å². The van der Waals surface area contributed by atoms with Crippen LogP contribution in [0.3, 0.4) is 0 Å². The zero-order valence-corrected chi connectivity index (χ0v) is 30.6. The van der Waals surface area contributed by atoms with Gasteiger partial charge in [-0.15, -0.1) is 0 Å². The minimum absolute atomic E-state index is 0.00623. The average molecular weight is 781 g/mol. The van der Waals surface area contributed by atoms with E-state index in [1.54, 1.807) is 32.1 Å². The Morgan fingerprint density at radius 2 is 1.47 bits per heavy atom. The van der Waals surface area contributed by atoms with Crippen LogP contribution in [-0.4, -0.2) is 66.0 Å². The molecule has 15 heteroatoms. The summed E-state index contributed by atoms with van der Waals surface area (Å²) in [5, 5.41) is 74.8. The summed E-state index contributed by atoms with van der Waals surface area (Å²) in [5.41, 5.74) is 13.0. The van der Waals surface area contributed by atoms with Gasteiger partial charge in [0.05, 0.1) is 40.3 Å². The Morgan fingerprint density at radius 3 is 2.16 bits per heavy atom. The number of allylic oxidation sites excluding steroid dienone is 3. The van der Waals surface area contributed by atoms with Crippen LogP contribution in [0.25, 0.3) is 5.57 Å². The topological polar surface area (TPSA) is 265 Å². The van der Waals surface area contributed by atoms with Crippen LogP contribution in [0.1, 0.15) is 65.1 Å². The molecule has 1 fully saturated rings. The molecule has 0 spiro atoms. The number of ether oxygens (including phenoxy) is 4. The standard InChI is InChI=1S/C42H40N2O13/c1-3-18(2)41(52)54-34-15-24-27(46)11-9-23(39(24)56-38(34)20-6-10-28(47)30(49)13-20)35-31(50)17-29(48)25-16-33(37(57-40(25)35)19-4-7-22(45)8-5-19)55-42(53)21-12-26(43)36(44)32(51)14-21/h3-14,17,24,33-34,37-39,45-51H,15-16,43-44H2,1-2H3/b18-3+/t24?,33?,34?,37-,38-,39?/m1/s1. The van der Waals surface area contributed by atoms with E-state index in [0.29, 0.717) is 22.3 Å². The second-order valence-electron chi connectivity index (χ2n) is 14.1. The number of phenols is 6. The van der Waals surface area contributed by atoms with Gasteiger partial charge < -0.3 is 66.2 Å². The minimum Gasteiger partial charge on any atom is -0.512 e. The number of anilines is 2. The molecule has 0 radical (unpaired) electrons. The number of carbonyl (C=O) groups excluding carboxylic acids is 2. The number of carbonyl (C=O) groups is 2. The number of aromatic hydroxyl groups is 6. The zero-order chi connectivity index (χ0) is 40.9. The summed E-state index contributed by atoms with van der Waals surface area (Å²) in [6, 6.07) is 13.4. The molecule has 7 rings (SSSR count). The minimum atomic E-state index is -1.12. The van der Waals surface area contributed by atoms with E-state index < -0.39 is 65.6 Å². The molecule has 1 saturated heterocycles. The van der Waals surface area contributed by atoms with Crippen molar-refractivity contribution < 1.29 is 64.3 Å². The number of aliphatic hydroxyl groups excluding tert-OH is 1. The molecule has 296 valence electrons. The zero-order valence-electron chi connectivity index (χ0n) is 30.6. The second kappa shape index (κ2) is 14.9. The summed E-state index contributed by atoms with van der Waals surface area (Å²) in [5.74, 6) is -4.54. The number of aliphatic hydroxyl groups is 1. The number of benzene rings is 4. The molecular formula is C42H40N2O13. The summed E-state index contributed by atoms with van der Waals surface area (Å²) >= 11 is 0. The Kier molecular flexibility index (Phi) is 10.0. The maximum absolute atomic E-state index is 13.5. The third-order valence-corrected chi connectivity index (χ3v) is 10.5. The molecule has 15 nitrogen and oxygen atoms in total. The molecule has 57 heavy (non-hydrogen) atoms. The molecule has 0 aromatic heterocycles. The fourth-order valence-corrected chi connectivity index (χ4v) is 7.31. The molecule has 4 unspecified atom stereocenters. The Morgan fingerprint density at radius 1 is 0.754 bits per heavy atom. The number of fused-ring (bicyclic) bond motifs is 2. The van der Waals surface area contributed by atoms with Crippen molar-refractivity contribution in [3.63, 3.8) is 0 Å². The van der Waals surface area contributed by atoms with E-state index in [2.05, 4.69) is 0 Å². The monoisotopic (exact) mass is 780 g/mol. The van der Waals surface area contributed by atoms with Crippen molar-refractivity contribution in [3.05, 3.63) is 118 Å². The van der Waals surface area contributed by atoms with Crippen molar-refractivity contribution >= 4 is 28.9 Å². The summed E-state index contributed by atoms with van der Waals surface area (Å²) in [6.07, 6.45) is -0.888. The van der Waals surface area contributed by atoms with Crippen LogP contribution in [0.5, 0.6) is 40.2 Å². The lowest BCUT2D eigenvalue weighted by Gasteiger charge is -2.44. The number of hydrogen-bond donors (Lipinski definition) is 9. The van der Waals surface area contributed by atoms with Crippen molar-refractivity contribution in [2.75, 3.05) is 11.5 Å². The second-order valence-corrected chi connectivity index (χ2v) is 14.1. The molecule has 0 amide bonds. The highest BCUT2D eigenvalue weighted by atomic mass is 16.6. The number of esters is 2. The quantitative estimate of drug-likeness (QED) is 0.0461. The van der Waals surface area contributed by atoms with Crippen LogP contribution in [0.2, 0.25) is 0 Å². The summed E-state index contributed by atoms with van der Waals surface area (Å²) < 4.78 is 25.1. The lowest BCUT2D eigenvalue weighted by molar-refractivity contribution is -0.171. The molecule has 0 saturated carbocycles. The fraction of sp³-hybridized carbons (Fsp3) is 0.238. The van der Waals surface area contributed by atoms with Crippen LogP contribution in [0, 0.1) is 5.92 Å². The van der Waals surface area contributed by atoms with Gasteiger partial charge >= 0.3 is 11.9 Å². The van der Waals surface area contributed by atoms with E-state index in [4.69, 9.17) is 30.4 Å². The first-order chi connectivity index (χ1) is 27.1. The van der Waals surface area contributed by atoms with Crippen LogP contribution < -0.4 is 16.2 Å². The molecule has 3 aliphatic rings. The molecule has 2 aliphatic heterocycles. The highest BCUT2D eigenvalue weighted by Gasteiger charge is 2.48. The number of nitrogen functional groups attached to an aromatic ring is 2. The molecule has 0 bridgehead atoms.